The minimum absolute atomic E-state index is 0.152. The standard InChI is InChI=1S/C18H11F4NO4/c19-13-6-2-5-12-15(13)23(9-14(16(12)24)27-17(25)26)8-10-3-1-4-11(7-10)18(20,21)22/h1-7,9H,8H2,(H,25,26). The van der Waals surface area contributed by atoms with Gasteiger partial charge in [0.15, 0.2) is 5.75 Å². The number of rotatable bonds is 3. The molecule has 5 nitrogen and oxygen atoms in total. The first-order valence-corrected chi connectivity index (χ1v) is 7.55. The van der Waals surface area contributed by atoms with Gasteiger partial charge in [0.05, 0.1) is 22.7 Å². The van der Waals surface area contributed by atoms with Crippen LogP contribution in [0.25, 0.3) is 10.9 Å². The molecule has 2 aromatic carbocycles. The maximum absolute atomic E-state index is 14.3. The highest BCUT2D eigenvalue weighted by atomic mass is 19.4. The van der Waals surface area contributed by atoms with Crippen LogP contribution < -0.4 is 10.2 Å². The molecule has 140 valence electrons. The van der Waals surface area contributed by atoms with E-state index in [2.05, 4.69) is 4.74 Å². The predicted octanol–water partition coefficient (Wildman–Crippen LogP) is 4.26. The Morgan fingerprint density at radius 1 is 1.15 bits per heavy atom. The highest BCUT2D eigenvalue weighted by Crippen LogP contribution is 2.30. The molecule has 0 aliphatic rings. The van der Waals surface area contributed by atoms with E-state index in [4.69, 9.17) is 5.11 Å². The lowest BCUT2D eigenvalue weighted by atomic mass is 10.1. The van der Waals surface area contributed by atoms with Gasteiger partial charge in [-0.15, -0.1) is 0 Å². The Morgan fingerprint density at radius 3 is 2.52 bits per heavy atom. The number of aromatic nitrogens is 1. The van der Waals surface area contributed by atoms with Gasteiger partial charge in [0.2, 0.25) is 5.43 Å². The lowest BCUT2D eigenvalue weighted by Crippen LogP contribution is -2.17. The number of pyridine rings is 1. The molecular weight excluding hydrogens is 370 g/mol. The molecular formula is C18H11F4NO4. The van der Waals surface area contributed by atoms with Crippen LogP contribution >= 0.6 is 0 Å². The summed E-state index contributed by atoms with van der Waals surface area (Å²) in [5, 5.41) is 8.60. The first-order valence-electron chi connectivity index (χ1n) is 7.55. The SMILES string of the molecule is O=C(O)Oc1cn(Cc2cccc(C(F)(F)F)c2)c2c(F)cccc2c1=O. The fraction of sp³-hybridized carbons (Fsp3) is 0.111. The first-order chi connectivity index (χ1) is 12.7. The van der Waals surface area contributed by atoms with Crippen LogP contribution in [0.1, 0.15) is 11.1 Å². The summed E-state index contributed by atoms with van der Waals surface area (Å²) in [6.45, 7) is -0.238. The van der Waals surface area contributed by atoms with Crippen molar-refractivity contribution in [2.24, 2.45) is 0 Å². The molecule has 1 N–H and O–H groups in total. The largest absolute Gasteiger partial charge is 0.511 e. The molecule has 3 aromatic rings. The summed E-state index contributed by atoms with van der Waals surface area (Å²) < 4.78 is 58.5. The van der Waals surface area contributed by atoms with Gasteiger partial charge in [0.25, 0.3) is 0 Å². The fourth-order valence-corrected chi connectivity index (χ4v) is 2.72. The molecule has 0 saturated heterocycles. The molecule has 0 bridgehead atoms. The monoisotopic (exact) mass is 381 g/mol. The summed E-state index contributed by atoms with van der Waals surface area (Å²) in [5.74, 6) is -1.36. The van der Waals surface area contributed by atoms with Crippen LogP contribution in [0.2, 0.25) is 0 Å². The molecule has 0 fully saturated rings. The van der Waals surface area contributed by atoms with E-state index >= 15 is 0 Å². The second-order valence-corrected chi connectivity index (χ2v) is 5.65. The maximum Gasteiger partial charge on any atom is 0.511 e. The van der Waals surface area contributed by atoms with E-state index in [0.29, 0.717) is 0 Å². The molecule has 0 radical (unpaired) electrons. The number of alkyl halides is 3. The third-order valence-corrected chi connectivity index (χ3v) is 3.82. The minimum atomic E-state index is -4.55. The first kappa shape index (κ1) is 18.4. The van der Waals surface area contributed by atoms with Crippen molar-refractivity contribution in [3.8, 4) is 5.75 Å². The lowest BCUT2D eigenvalue weighted by molar-refractivity contribution is -0.137. The van der Waals surface area contributed by atoms with E-state index in [9.17, 15) is 27.2 Å². The highest BCUT2D eigenvalue weighted by molar-refractivity contribution is 5.81. The molecule has 27 heavy (non-hydrogen) atoms. The normalized spacial score (nSPS) is 11.6. The van der Waals surface area contributed by atoms with Crippen molar-refractivity contribution in [2.75, 3.05) is 0 Å². The number of hydrogen-bond donors (Lipinski definition) is 1. The van der Waals surface area contributed by atoms with Crippen molar-refractivity contribution in [1.82, 2.24) is 4.57 Å². The van der Waals surface area contributed by atoms with Crippen LogP contribution in [-0.2, 0) is 12.7 Å². The van der Waals surface area contributed by atoms with E-state index in [1.165, 1.54) is 24.3 Å². The number of benzene rings is 2. The fourth-order valence-electron chi connectivity index (χ4n) is 2.72. The van der Waals surface area contributed by atoms with Crippen LogP contribution in [-0.4, -0.2) is 15.8 Å². The van der Waals surface area contributed by atoms with Gasteiger partial charge < -0.3 is 14.4 Å². The van der Waals surface area contributed by atoms with Crippen LogP contribution in [0.15, 0.2) is 53.5 Å². The summed E-state index contributed by atoms with van der Waals surface area (Å²) in [7, 11) is 0. The molecule has 0 aliphatic carbocycles. The number of nitrogens with zero attached hydrogens (tertiary/aromatic N) is 1. The minimum Gasteiger partial charge on any atom is -0.449 e. The molecule has 3 rings (SSSR count). The van der Waals surface area contributed by atoms with E-state index in [1.54, 1.807) is 0 Å². The van der Waals surface area contributed by atoms with Crippen molar-refractivity contribution < 1.29 is 32.2 Å². The summed E-state index contributed by atoms with van der Waals surface area (Å²) in [4.78, 5) is 23.1. The van der Waals surface area contributed by atoms with Crippen LogP contribution in [0.4, 0.5) is 22.4 Å². The highest BCUT2D eigenvalue weighted by Gasteiger charge is 2.30. The molecule has 1 heterocycles. The third kappa shape index (κ3) is 3.76. The number of carboxylic acid groups (broad SMARTS) is 1. The molecule has 0 atom stereocenters. The van der Waals surface area contributed by atoms with Crippen LogP contribution in [0.3, 0.4) is 0 Å². The Labute approximate surface area is 149 Å². The zero-order valence-electron chi connectivity index (χ0n) is 13.5. The van der Waals surface area contributed by atoms with Crippen molar-refractivity contribution in [3.05, 3.63) is 75.8 Å². The molecule has 0 amide bonds. The number of ether oxygens (including phenoxy) is 1. The second kappa shape index (κ2) is 6.75. The Bertz CT molecular complexity index is 1090. The number of carbonyl (C=O) groups is 1. The summed E-state index contributed by atoms with van der Waals surface area (Å²) >= 11 is 0. The van der Waals surface area contributed by atoms with Crippen molar-refractivity contribution in [1.29, 1.82) is 0 Å². The van der Waals surface area contributed by atoms with Gasteiger partial charge in [0.1, 0.15) is 5.82 Å². The van der Waals surface area contributed by atoms with Crippen molar-refractivity contribution in [2.45, 2.75) is 12.7 Å². The molecule has 9 heteroatoms. The molecule has 1 aromatic heterocycles. The lowest BCUT2D eigenvalue weighted by Gasteiger charge is -2.15. The van der Waals surface area contributed by atoms with E-state index in [0.717, 1.165) is 29.0 Å². The van der Waals surface area contributed by atoms with Crippen LogP contribution in [0.5, 0.6) is 5.75 Å². The molecule has 0 unspecified atom stereocenters. The third-order valence-electron chi connectivity index (χ3n) is 3.82. The Morgan fingerprint density at radius 2 is 1.85 bits per heavy atom. The van der Waals surface area contributed by atoms with E-state index < -0.39 is 34.9 Å². The van der Waals surface area contributed by atoms with Gasteiger partial charge in [-0.2, -0.15) is 13.2 Å². The summed E-state index contributed by atoms with van der Waals surface area (Å²) in [6.07, 6.45) is -5.33. The molecule has 0 saturated carbocycles. The molecule has 0 spiro atoms. The average molecular weight is 381 g/mol. The van der Waals surface area contributed by atoms with Crippen molar-refractivity contribution in [3.63, 3.8) is 0 Å². The van der Waals surface area contributed by atoms with E-state index in [1.807, 2.05) is 0 Å². The van der Waals surface area contributed by atoms with Gasteiger partial charge in [-0.25, -0.2) is 9.18 Å². The maximum atomic E-state index is 14.3. The van der Waals surface area contributed by atoms with E-state index in [-0.39, 0.29) is 23.0 Å². The quantitative estimate of drug-likeness (QED) is 0.544. The number of fused-ring (bicyclic) bond motifs is 1. The van der Waals surface area contributed by atoms with Gasteiger partial charge in [-0.1, -0.05) is 18.2 Å². The van der Waals surface area contributed by atoms with Crippen LogP contribution in [0, 0.1) is 5.82 Å². The van der Waals surface area contributed by atoms with Gasteiger partial charge in [0, 0.05) is 6.54 Å². The van der Waals surface area contributed by atoms with Gasteiger partial charge in [-0.3, -0.25) is 4.79 Å². The Balaban J connectivity index is 2.17. The number of para-hydroxylation sites is 1. The van der Waals surface area contributed by atoms with Gasteiger partial charge in [-0.05, 0) is 29.8 Å². The smallest absolute Gasteiger partial charge is 0.449 e. The van der Waals surface area contributed by atoms with Crippen molar-refractivity contribution >= 4 is 17.1 Å². The topological polar surface area (TPSA) is 68.5 Å². The van der Waals surface area contributed by atoms with Gasteiger partial charge >= 0.3 is 12.3 Å². The zero-order chi connectivity index (χ0) is 19.8. The second-order valence-electron chi connectivity index (χ2n) is 5.65. The number of hydrogen-bond acceptors (Lipinski definition) is 3. The summed E-state index contributed by atoms with van der Waals surface area (Å²) in [6, 6.07) is 8.01. The average Bonchev–Trinajstić information content (AvgIpc) is 2.58. The number of halogens is 4. The Kier molecular flexibility index (Phi) is 4.61. The Hall–Kier alpha value is -3.36. The summed E-state index contributed by atoms with van der Waals surface area (Å²) in [5.41, 5.74) is -1.71. The molecule has 0 aliphatic heterocycles. The predicted molar refractivity (Wildman–Crippen MR) is 87.4 cm³/mol. The zero-order valence-corrected chi connectivity index (χ0v) is 13.5.